The molecule has 4 heteroatoms. The second-order valence-electron chi connectivity index (χ2n) is 5.33. The highest BCUT2D eigenvalue weighted by molar-refractivity contribution is 5.94. The van der Waals surface area contributed by atoms with Gasteiger partial charge >= 0.3 is 0 Å². The van der Waals surface area contributed by atoms with Gasteiger partial charge in [-0.2, -0.15) is 0 Å². The lowest BCUT2D eigenvalue weighted by Crippen LogP contribution is -2.50. The average molecular weight is 307 g/mol. The second-order valence-corrected chi connectivity index (χ2v) is 5.33. The fraction of sp³-hybridized carbons (Fsp3) is 0.105. The molecule has 0 fully saturated rings. The number of carbonyl (C=O) groups excluding carboxylic acids is 1. The summed E-state index contributed by atoms with van der Waals surface area (Å²) in [6, 6.07) is 18.9. The summed E-state index contributed by atoms with van der Waals surface area (Å²) in [4.78, 5) is 12.2. The van der Waals surface area contributed by atoms with Gasteiger partial charge < -0.3 is 15.2 Å². The van der Waals surface area contributed by atoms with Crippen LogP contribution >= 0.6 is 0 Å². The molecule has 0 saturated heterocycles. The molecule has 2 aromatic carbocycles. The van der Waals surface area contributed by atoms with Crippen LogP contribution in [0.2, 0.25) is 0 Å². The van der Waals surface area contributed by atoms with E-state index in [0.717, 1.165) is 11.1 Å². The minimum atomic E-state index is -1.24. The van der Waals surface area contributed by atoms with E-state index in [2.05, 4.69) is 5.32 Å². The Kier molecular flexibility index (Phi) is 3.89. The van der Waals surface area contributed by atoms with Crippen LogP contribution in [0.15, 0.2) is 78.3 Å². The van der Waals surface area contributed by atoms with E-state index in [1.807, 2.05) is 66.7 Å². The Labute approximate surface area is 134 Å². The Morgan fingerprint density at radius 1 is 1.04 bits per heavy atom. The summed E-state index contributed by atoms with van der Waals surface area (Å²) in [5.41, 5.74) is 0.605. The number of carbonyl (C=O) groups is 1. The van der Waals surface area contributed by atoms with E-state index in [1.54, 1.807) is 6.08 Å². The van der Waals surface area contributed by atoms with Crippen molar-refractivity contribution < 1.29 is 14.6 Å². The molecule has 0 aromatic heterocycles. The number of ether oxygens (including phenoxy) is 1. The molecule has 1 atom stereocenters. The second kappa shape index (κ2) is 6.01. The van der Waals surface area contributed by atoms with Crippen molar-refractivity contribution in [1.29, 1.82) is 0 Å². The van der Waals surface area contributed by atoms with Crippen LogP contribution in [0.3, 0.4) is 0 Å². The van der Waals surface area contributed by atoms with Crippen molar-refractivity contribution in [2.45, 2.75) is 12.6 Å². The molecule has 0 radical (unpaired) electrons. The number of amides is 1. The van der Waals surface area contributed by atoms with Crippen molar-refractivity contribution in [3.8, 4) is 0 Å². The van der Waals surface area contributed by atoms with Crippen LogP contribution in [0.25, 0.3) is 6.08 Å². The maximum Gasteiger partial charge on any atom is 0.287 e. The molecule has 4 nitrogen and oxygen atoms in total. The van der Waals surface area contributed by atoms with Crippen molar-refractivity contribution in [2.24, 2.45) is 0 Å². The molecule has 0 aliphatic carbocycles. The maximum atomic E-state index is 12.2. The van der Waals surface area contributed by atoms with Gasteiger partial charge in [-0.1, -0.05) is 66.7 Å². The van der Waals surface area contributed by atoms with E-state index in [4.69, 9.17) is 4.74 Å². The Morgan fingerprint density at radius 3 is 2.26 bits per heavy atom. The number of aliphatic hydroxyl groups is 1. The van der Waals surface area contributed by atoms with Crippen LogP contribution in [-0.4, -0.2) is 11.0 Å². The van der Waals surface area contributed by atoms with Crippen LogP contribution in [0, 0.1) is 0 Å². The first-order chi connectivity index (χ1) is 11.1. The summed E-state index contributed by atoms with van der Waals surface area (Å²) in [6.45, 7) is 1.51. The Balaban J connectivity index is 2.05. The third-order valence-corrected chi connectivity index (χ3v) is 3.73. The fourth-order valence-corrected chi connectivity index (χ4v) is 2.38. The van der Waals surface area contributed by atoms with E-state index in [-0.39, 0.29) is 17.4 Å². The standard InChI is InChI=1S/C19H17NO3/c1-14-17(21)20-19(23-18(14)22,16-10-6-3-7-11-16)13-12-15-8-4-2-5-9-15/h2-13,22H,1H3,(H,20,21). The number of benzene rings is 2. The molecule has 0 spiro atoms. The number of hydrogen-bond acceptors (Lipinski definition) is 3. The van der Waals surface area contributed by atoms with E-state index < -0.39 is 5.72 Å². The van der Waals surface area contributed by atoms with Gasteiger partial charge in [-0.25, -0.2) is 0 Å². The lowest BCUT2D eigenvalue weighted by molar-refractivity contribution is -0.133. The van der Waals surface area contributed by atoms with Crippen molar-refractivity contribution in [2.75, 3.05) is 0 Å². The first-order valence-electron chi connectivity index (χ1n) is 7.32. The summed E-state index contributed by atoms with van der Waals surface area (Å²) >= 11 is 0. The summed E-state index contributed by atoms with van der Waals surface area (Å²) in [5, 5.41) is 12.8. The molecule has 1 unspecified atom stereocenters. The maximum absolute atomic E-state index is 12.2. The fourth-order valence-electron chi connectivity index (χ4n) is 2.38. The predicted molar refractivity (Wildman–Crippen MR) is 88.2 cm³/mol. The lowest BCUT2D eigenvalue weighted by atomic mass is 9.99. The van der Waals surface area contributed by atoms with Crippen molar-refractivity contribution in [3.63, 3.8) is 0 Å². The summed E-state index contributed by atoms with van der Waals surface area (Å²) in [5.74, 6) is -0.731. The summed E-state index contributed by atoms with van der Waals surface area (Å²) in [7, 11) is 0. The minimum absolute atomic E-state index is 0.157. The van der Waals surface area contributed by atoms with Gasteiger partial charge in [-0.05, 0) is 18.6 Å². The number of nitrogens with one attached hydrogen (secondary N) is 1. The topological polar surface area (TPSA) is 58.6 Å². The molecule has 2 aromatic rings. The zero-order valence-corrected chi connectivity index (χ0v) is 12.7. The van der Waals surface area contributed by atoms with Crippen molar-refractivity contribution in [3.05, 3.63) is 89.4 Å². The number of hydrogen-bond donors (Lipinski definition) is 2. The zero-order valence-electron chi connectivity index (χ0n) is 12.7. The molecule has 3 rings (SSSR count). The largest absolute Gasteiger partial charge is 0.481 e. The van der Waals surface area contributed by atoms with Crippen LogP contribution in [-0.2, 0) is 15.3 Å². The molecule has 23 heavy (non-hydrogen) atoms. The molecule has 116 valence electrons. The van der Waals surface area contributed by atoms with Crippen LogP contribution < -0.4 is 5.32 Å². The van der Waals surface area contributed by atoms with Crippen LogP contribution in [0.1, 0.15) is 18.1 Å². The van der Waals surface area contributed by atoms with E-state index in [1.165, 1.54) is 6.92 Å². The van der Waals surface area contributed by atoms with E-state index in [9.17, 15) is 9.90 Å². The predicted octanol–water partition coefficient (Wildman–Crippen LogP) is 3.49. The van der Waals surface area contributed by atoms with Gasteiger partial charge in [0, 0.05) is 5.56 Å². The molecule has 2 N–H and O–H groups in total. The number of rotatable bonds is 3. The first-order valence-corrected chi connectivity index (χ1v) is 7.32. The monoisotopic (exact) mass is 307 g/mol. The van der Waals surface area contributed by atoms with Crippen LogP contribution in [0.5, 0.6) is 0 Å². The third-order valence-electron chi connectivity index (χ3n) is 3.73. The van der Waals surface area contributed by atoms with Gasteiger partial charge in [-0.3, -0.25) is 4.79 Å². The van der Waals surface area contributed by atoms with E-state index in [0.29, 0.717) is 0 Å². The molecule has 1 aliphatic heterocycles. The Hall–Kier alpha value is -3.01. The third kappa shape index (κ3) is 2.97. The van der Waals surface area contributed by atoms with Gasteiger partial charge in [0.15, 0.2) is 0 Å². The summed E-state index contributed by atoms with van der Waals surface area (Å²) in [6.07, 6.45) is 3.58. The first kappa shape index (κ1) is 14.9. The van der Waals surface area contributed by atoms with Crippen LogP contribution in [0.4, 0.5) is 0 Å². The van der Waals surface area contributed by atoms with Gasteiger partial charge in [-0.15, -0.1) is 0 Å². The van der Waals surface area contributed by atoms with Crippen molar-refractivity contribution >= 4 is 12.0 Å². The van der Waals surface area contributed by atoms with E-state index >= 15 is 0 Å². The van der Waals surface area contributed by atoms with Gasteiger partial charge in [0.25, 0.3) is 11.9 Å². The molecule has 1 heterocycles. The highest BCUT2D eigenvalue weighted by Gasteiger charge is 2.39. The van der Waals surface area contributed by atoms with Gasteiger partial charge in [0.2, 0.25) is 5.72 Å². The highest BCUT2D eigenvalue weighted by Crippen LogP contribution is 2.32. The Morgan fingerprint density at radius 2 is 1.65 bits per heavy atom. The summed E-state index contributed by atoms with van der Waals surface area (Å²) < 4.78 is 5.68. The van der Waals surface area contributed by atoms with Crippen molar-refractivity contribution in [1.82, 2.24) is 5.32 Å². The quantitative estimate of drug-likeness (QED) is 0.912. The molecular weight excluding hydrogens is 290 g/mol. The Bertz CT molecular complexity index is 766. The van der Waals surface area contributed by atoms with Gasteiger partial charge in [0.1, 0.15) is 0 Å². The minimum Gasteiger partial charge on any atom is -0.481 e. The average Bonchev–Trinajstić information content (AvgIpc) is 2.59. The molecule has 0 saturated carbocycles. The molecule has 1 aliphatic rings. The number of aliphatic hydroxyl groups excluding tert-OH is 1. The molecule has 1 amide bonds. The smallest absolute Gasteiger partial charge is 0.287 e. The highest BCUT2D eigenvalue weighted by atomic mass is 16.6. The zero-order chi connectivity index (χ0) is 16.3. The molecular formula is C19H17NO3. The SMILES string of the molecule is CC1=C(O)OC(C=Cc2ccccc2)(c2ccccc2)NC1=O. The lowest BCUT2D eigenvalue weighted by Gasteiger charge is -2.36. The van der Waals surface area contributed by atoms with Gasteiger partial charge in [0.05, 0.1) is 5.57 Å². The normalized spacial score (nSPS) is 21.2. The molecule has 0 bridgehead atoms.